The molecule has 0 aliphatic heterocycles. The third-order valence-corrected chi connectivity index (χ3v) is 8.41. The molecule has 188 valence electrons. The van der Waals surface area contributed by atoms with Gasteiger partial charge in [-0.2, -0.15) is 0 Å². The van der Waals surface area contributed by atoms with E-state index in [1.807, 2.05) is 48.5 Å². The summed E-state index contributed by atoms with van der Waals surface area (Å²) >= 11 is 0. The van der Waals surface area contributed by atoms with E-state index in [1.165, 1.54) is 32.1 Å². The van der Waals surface area contributed by atoms with Crippen LogP contribution in [0.25, 0.3) is 0 Å². The Labute approximate surface area is 209 Å². The minimum absolute atomic E-state index is 0.167. The molecule has 0 aromatic heterocycles. The third kappa shape index (κ3) is 5.73. The highest BCUT2D eigenvalue weighted by Gasteiger charge is 2.50. The maximum Gasteiger partial charge on any atom is 0.255 e. The Bertz CT molecular complexity index is 951. The first kappa shape index (κ1) is 24.3. The van der Waals surface area contributed by atoms with Gasteiger partial charge >= 0.3 is 0 Å². The van der Waals surface area contributed by atoms with E-state index in [9.17, 15) is 9.90 Å². The summed E-state index contributed by atoms with van der Waals surface area (Å²) in [6.07, 6.45) is 7.51. The van der Waals surface area contributed by atoms with Crippen LogP contribution in [0.5, 0.6) is 5.75 Å². The molecule has 2 aromatic carbocycles. The third-order valence-electron chi connectivity index (χ3n) is 8.41. The molecule has 0 saturated heterocycles. The van der Waals surface area contributed by atoms with E-state index in [-0.39, 0.29) is 12.5 Å². The van der Waals surface area contributed by atoms with Gasteiger partial charge in [0.2, 0.25) is 0 Å². The van der Waals surface area contributed by atoms with Gasteiger partial charge in [0, 0.05) is 19.1 Å². The Morgan fingerprint density at radius 2 is 1.66 bits per heavy atom. The fraction of sp³-hybridized carbons (Fsp3) is 0.567. The minimum Gasteiger partial charge on any atom is -0.490 e. The summed E-state index contributed by atoms with van der Waals surface area (Å²) in [5, 5.41) is 14.0. The number of nitrogens with one attached hydrogen (secondary N) is 1. The van der Waals surface area contributed by atoms with E-state index in [2.05, 4.69) is 17.1 Å². The quantitative estimate of drug-likeness (QED) is 0.485. The molecule has 5 heteroatoms. The van der Waals surface area contributed by atoms with Gasteiger partial charge in [0.25, 0.3) is 5.91 Å². The van der Waals surface area contributed by atoms with E-state index >= 15 is 0 Å². The van der Waals surface area contributed by atoms with Gasteiger partial charge in [0.05, 0.1) is 5.56 Å². The van der Waals surface area contributed by atoms with Gasteiger partial charge in [-0.05, 0) is 86.4 Å². The number of hydrogen-bond donors (Lipinski definition) is 2. The monoisotopic (exact) mass is 476 g/mol. The predicted molar refractivity (Wildman–Crippen MR) is 138 cm³/mol. The fourth-order valence-corrected chi connectivity index (χ4v) is 7.30. The Morgan fingerprint density at radius 3 is 2.34 bits per heavy atom. The topological polar surface area (TPSA) is 61.8 Å². The van der Waals surface area contributed by atoms with Gasteiger partial charge in [-0.15, -0.1) is 0 Å². The predicted octanol–water partition coefficient (Wildman–Crippen LogP) is 4.89. The number of hydrogen-bond acceptors (Lipinski definition) is 4. The van der Waals surface area contributed by atoms with Crippen molar-refractivity contribution in [3.63, 3.8) is 0 Å². The summed E-state index contributed by atoms with van der Waals surface area (Å²) in [5.74, 6) is 3.87. The second-order valence-corrected chi connectivity index (χ2v) is 11.0. The molecular weight excluding hydrogens is 436 g/mol. The Balaban J connectivity index is 1.17. The maximum atomic E-state index is 12.8. The average Bonchev–Trinajstić information content (AvgIpc) is 2.86. The smallest absolute Gasteiger partial charge is 0.255 e. The molecule has 1 amide bonds. The molecule has 4 fully saturated rings. The summed E-state index contributed by atoms with van der Waals surface area (Å²) in [5.41, 5.74) is 1.55. The molecule has 2 aromatic rings. The first-order chi connectivity index (χ1) is 17.1. The molecule has 4 bridgehead atoms. The van der Waals surface area contributed by atoms with Gasteiger partial charge in [0.15, 0.2) is 0 Å². The van der Waals surface area contributed by atoms with Crippen molar-refractivity contribution in [2.75, 3.05) is 19.7 Å². The second-order valence-electron chi connectivity index (χ2n) is 11.0. The van der Waals surface area contributed by atoms with Crippen molar-refractivity contribution in [1.82, 2.24) is 10.2 Å². The van der Waals surface area contributed by atoms with Crippen LogP contribution in [0.3, 0.4) is 0 Å². The number of rotatable bonds is 11. The van der Waals surface area contributed by atoms with Crippen molar-refractivity contribution >= 4 is 5.91 Å². The number of carbonyl (C=O) groups excluding carboxylic acids is 1. The van der Waals surface area contributed by atoms with E-state index in [0.29, 0.717) is 30.4 Å². The highest BCUT2D eigenvalue weighted by molar-refractivity contribution is 5.96. The van der Waals surface area contributed by atoms with Crippen molar-refractivity contribution in [3.05, 3.63) is 65.7 Å². The summed E-state index contributed by atoms with van der Waals surface area (Å²) in [4.78, 5) is 15.4. The number of nitrogens with zero attached hydrogens (tertiary/aromatic N) is 1. The van der Waals surface area contributed by atoms with E-state index in [4.69, 9.17) is 4.74 Å². The van der Waals surface area contributed by atoms with E-state index in [0.717, 1.165) is 42.2 Å². The molecule has 0 spiro atoms. The van der Waals surface area contributed by atoms with Crippen molar-refractivity contribution in [3.8, 4) is 5.75 Å². The lowest BCUT2D eigenvalue weighted by Crippen LogP contribution is -2.57. The van der Waals surface area contributed by atoms with Crippen LogP contribution < -0.4 is 10.1 Å². The lowest BCUT2D eigenvalue weighted by Gasteiger charge is -2.57. The number of benzene rings is 2. The molecule has 2 N–H and O–H groups in total. The van der Waals surface area contributed by atoms with Gasteiger partial charge in [-0.1, -0.05) is 49.4 Å². The Hall–Kier alpha value is -2.37. The Morgan fingerprint density at radius 1 is 1.00 bits per heavy atom. The fourth-order valence-electron chi connectivity index (χ4n) is 7.30. The molecule has 5 nitrogen and oxygen atoms in total. The second kappa shape index (κ2) is 11.1. The van der Waals surface area contributed by atoms with Crippen LogP contribution in [-0.2, 0) is 6.54 Å². The van der Waals surface area contributed by atoms with Crippen molar-refractivity contribution < 1.29 is 14.6 Å². The molecule has 4 aliphatic carbocycles. The molecular formula is C30H40N2O3. The van der Waals surface area contributed by atoms with E-state index in [1.54, 1.807) is 6.07 Å². The molecule has 4 aliphatic rings. The summed E-state index contributed by atoms with van der Waals surface area (Å²) in [7, 11) is 0. The molecule has 4 saturated carbocycles. The minimum atomic E-state index is -0.584. The molecule has 1 atom stereocenters. The summed E-state index contributed by atoms with van der Waals surface area (Å²) in [6.45, 7) is 4.56. The van der Waals surface area contributed by atoms with Crippen LogP contribution in [0.4, 0.5) is 0 Å². The van der Waals surface area contributed by atoms with Crippen LogP contribution in [0, 0.1) is 23.7 Å². The number of para-hydroxylation sites is 1. The van der Waals surface area contributed by atoms with Crippen molar-refractivity contribution in [1.29, 1.82) is 0 Å². The highest BCUT2D eigenvalue weighted by atomic mass is 16.5. The van der Waals surface area contributed by atoms with Crippen LogP contribution >= 0.6 is 0 Å². The zero-order valence-corrected chi connectivity index (χ0v) is 20.9. The first-order valence-corrected chi connectivity index (χ1v) is 13.6. The average molecular weight is 477 g/mol. The van der Waals surface area contributed by atoms with Gasteiger partial charge in [-0.25, -0.2) is 0 Å². The first-order valence-electron chi connectivity index (χ1n) is 13.6. The van der Waals surface area contributed by atoms with Gasteiger partial charge in [-0.3, -0.25) is 9.69 Å². The number of carbonyl (C=O) groups is 1. The zero-order chi connectivity index (χ0) is 24.2. The lowest BCUT2D eigenvalue weighted by atomic mass is 9.54. The molecule has 1 unspecified atom stereocenters. The lowest BCUT2D eigenvalue weighted by molar-refractivity contribution is -0.0772. The Kier molecular flexibility index (Phi) is 7.74. The van der Waals surface area contributed by atoms with Gasteiger partial charge in [0.1, 0.15) is 18.5 Å². The molecule has 35 heavy (non-hydrogen) atoms. The van der Waals surface area contributed by atoms with Crippen LogP contribution in [0.1, 0.15) is 61.4 Å². The van der Waals surface area contributed by atoms with Crippen LogP contribution in [0.15, 0.2) is 54.6 Å². The van der Waals surface area contributed by atoms with Gasteiger partial charge < -0.3 is 15.2 Å². The van der Waals surface area contributed by atoms with Crippen LogP contribution in [0.2, 0.25) is 0 Å². The molecule has 0 heterocycles. The largest absolute Gasteiger partial charge is 0.490 e. The van der Waals surface area contributed by atoms with Crippen LogP contribution in [-0.4, -0.2) is 47.8 Å². The SMILES string of the molecule is CCCN(CC(O)COc1ccccc1C(=O)NCc1ccccc1)C1C2CC3CC(C2)CC1C3. The molecule has 6 rings (SSSR count). The number of amides is 1. The summed E-state index contributed by atoms with van der Waals surface area (Å²) < 4.78 is 6.02. The summed E-state index contributed by atoms with van der Waals surface area (Å²) in [6, 6.07) is 17.8. The number of ether oxygens (including phenoxy) is 1. The van der Waals surface area contributed by atoms with Crippen molar-refractivity contribution in [2.45, 2.75) is 64.1 Å². The normalized spacial score (nSPS) is 27.7. The number of aliphatic hydroxyl groups excluding tert-OH is 1. The van der Waals surface area contributed by atoms with Crippen molar-refractivity contribution in [2.24, 2.45) is 23.7 Å². The maximum absolute atomic E-state index is 12.8. The zero-order valence-electron chi connectivity index (χ0n) is 20.9. The molecule has 0 radical (unpaired) electrons. The highest BCUT2D eigenvalue weighted by Crippen LogP contribution is 2.55. The van der Waals surface area contributed by atoms with E-state index < -0.39 is 6.10 Å². The standard InChI is InChI=1S/C30H40N2O3/c1-2-12-32(29-24-14-22-13-23(16-24)17-25(29)15-22)19-26(33)20-35-28-11-7-6-10-27(28)30(34)31-18-21-8-4-3-5-9-21/h3-11,22-26,29,33H,2,12-20H2,1H3,(H,31,34). The number of aliphatic hydroxyl groups is 1.